The average molecular weight is 341 g/mol. The van der Waals surface area contributed by atoms with Gasteiger partial charge in [-0.3, -0.25) is 0 Å². The Hall–Kier alpha value is 1.21. The summed E-state index contributed by atoms with van der Waals surface area (Å²) in [6.07, 6.45) is 7.56. The van der Waals surface area contributed by atoms with Gasteiger partial charge in [-0.1, -0.05) is 38.5 Å². The summed E-state index contributed by atoms with van der Waals surface area (Å²) in [4.78, 5) is 0. The van der Waals surface area contributed by atoms with E-state index in [4.69, 9.17) is 0 Å². The second kappa shape index (κ2) is 2.62. The molecule has 4 saturated carbocycles. The first kappa shape index (κ1) is 8.51. The minimum atomic E-state index is 0.558. The molecule has 0 radical (unpaired) electrons. The summed E-state index contributed by atoms with van der Waals surface area (Å²) in [6.45, 7) is 0. The van der Waals surface area contributed by atoms with Crippen molar-refractivity contribution < 1.29 is 0 Å². The molecule has 0 amide bonds. The van der Waals surface area contributed by atoms with E-state index in [0.29, 0.717) is 4.32 Å². The highest BCUT2D eigenvalue weighted by Crippen LogP contribution is 2.61. The van der Waals surface area contributed by atoms with Crippen LogP contribution >= 0.6 is 38.5 Å². The Labute approximate surface area is 96.1 Å². The molecule has 4 rings (SSSR count). The first-order valence-corrected chi connectivity index (χ1v) is 7.04. The molecule has 4 fully saturated rings. The van der Waals surface area contributed by atoms with Gasteiger partial charge in [-0.15, -0.1) is 0 Å². The summed E-state index contributed by atoms with van der Waals surface area (Å²) in [7, 11) is 0. The van der Waals surface area contributed by atoms with E-state index in [9.17, 15) is 0 Å². The zero-order chi connectivity index (χ0) is 8.34. The SMILES string of the molecule is BrC12CC3CC(CC(C3)C1I)C2. The van der Waals surface area contributed by atoms with E-state index >= 15 is 0 Å². The van der Waals surface area contributed by atoms with Crippen LogP contribution in [-0.4, -0.2) is 8.25 Å². The van der Waals surface area contributed by atoms with Gasteiger partial charge in [0.1, 0.15) is 0 Å². The minimum Gasteiger partial charge on any atom is -0.0842 e. The maximum absolute atomic E-state index is 4.02. The van der Waals surface area contributed by atoms with E-state index in [1.54, 1.807) is 6.42 Å². The van der Waals surface area contributed by atoms with Crippen molar-refractivity contribution in [2.24, 2.45) is 17.8 Å². The van der Waals surface area contributed by atoms with E-state index in [1.165, 1.54) is 25.7 Å². The lowest BCUT2D eigenvalue weighted by Crippen LogP contribution is -2.54. The van der Waals surface area contributed by atoms with Crippen molar-refractivity contribution in [3.05, 3.63) is 0 Å². The lowest BCUT2D eigenvalue weighted by Gasteiger charge is -2.57. The van der Waals surface area contributed by atoms with Gasteiger partial charge in [0.15, 0.2) is 0 Å². The molecular weight excluding hydrogens is 327 g/mol. The summed E-state index contributed by atoms with van der Waals surface area (Å²) in [6, 6.07) is 0. The molecule has 4 bridgehead atoms. The van der Waals surface area contributed by atoms with Crippen LogP contribution in [0.2, 0.25) is 0 Å². The Morgan fingerprint density at radius 2 is 1.67 bits per heavy atom. The van der Waals surface area contributed by atoms with Crippen LogP contribution in [0.15, 0.2) is 0 Å². The van der Waals surface area contributed by atoms with Crippen LogP contribution in [0, 0.1) is 17.8 Å². The van der Waals surface area contributed by atoms with Crippen LogP contribution in [0.3, 0.4) is 0 Å². The molecule has 0 aromatic carbocycles. The molecule has 0 nitrogen and oxygen atoms in total. The normalized spacial score (nSPS) is 62.5. The van der Waals surface area contributed by atoms with E-state index < -0.39 is 0 Å². The molecule has 2 heteroatoms. The molecule has 12 heavy (non-hydrogen) atoms. The zero-order valence-electron chi connectivity index (χ0n) is 7.10. The van der Waals surface area contributed by atoms with Crippen LogP contribution in [0.5, 0.6) is 0 Å². The molecule has 0 spiro atoms. The molecular formula is C10H14BrI. The van der Waals surface area contributed by atoms with Gasteiger partial charge in [-0.05, 0) is 49.9 Å². The van der Waals surface area contributed by atoms with E-state index in [0.717, 1.165) is 21.7 Å². The fourth-order valence-corrected chi connectivity index (χ4v) is 6.26. The Kier molecular flexibility index (Phi) is 1.86. The topological polar surface area (TPSA) is 0 Å². The van der Waals surface area contributed by atoms with Gasteiger partial charge in [0, 0.05) is 8.25 Å². The lowest BCUT2D eigenvalue weighted by molar-refractivity contribution is 0.0528. The molecule has 0 N–H and O–H groups in total. The quantitative estimate of drug-likeness (QED) is 0.465. The van der Waals surface area contributed by atoms with Gasteiger partial charge in [-0.2, -0.15) is 0 Å². The van der Waals surface area contributed by atoms with Crippen LogP contribution in [-0.2, 0) is 0 Å². The van der Waals surface area contributed by atoms with Crippen LogP contribution in [0.1, 0.15) is 32.1 Å². The molecule has 4 aliphatic carbocycles. The maximum Gasteiger partial charge on any atom is 0.0383 e. The third-order valence-electron chi connectivity index (χ3n) is 4.10. The minimum absolute atomic E-state index is 0.558. The molecule has 0 heterocycles. The van der Waals surface area contributed by atoms with Gasteiger partial charge in [-0.25, -0.2) is 0 Å². The highest BCUT2D eigenvalue weighted by molar-refractivity contribution is 14.1. The average Bonchev–Trinajstić information content (AvgIpc) is 1.98. The van der Waals surface area contributed by atoms with E-state index in [2.05, 4.69) is 38.5 Å². The summed E-state index contributed by atoms with van der Waals surface area (Å²) in [5.41, 5.74) is 0. The Balaban J connectivity index is 1.97. The molecule has 68 valence electrons. The third kappa shape index (κ3) is 1.06. The summed E-state index contributed by atoms with van der Waals surface area (Å²) >= 11 is 6.71. The fraction of sp³-hybridized carbons (Fsp3) is 1.00. The first-order valence-electron chi connectivity index (χ1n) is 5.00. The van der Waals surface area contributed by atoms with Crippen molar-refractivity contribution in [2.75, 3.05) is 0 Å². The fourth-order valence-electron chi connectivity index (χ4n) is 3.88. The predicted molar refractivity (Wildman–Crippen MR) is 63.0 cm³/mol. The highest BCUT2D eigenvalue weighted by Gasteiger charge is 2.54. The smallest absolute Gasteiger partial charge is 0.0383 e. The summed E-state index contributed by atoms with van der Waals surface area (Å²) in [5, 5.41) is 0. The Morgan fingerprint density at radius 1 is 1.08 bits per heavy atom. The van der Waals surface area contributed by atoms with Gasteiger partial charge in [0.05, 0.1) is 0 Å². The van der Waals surface area contributed by atoms with Gasteiger partial charge in [0.25, 0.3) is 0 Å². The van der Waals surface area contributed by atoms with Gasteiger partial charge in [0.2, 0.25) is 0 Å². The van der Waals surface area contributed by atoms with Crippen LogP contribution in [0.4, 0.5) is 0 Å². The molecule has 0 aromatic heterocycles. The monoisotopic (exact) mass is 340 g/mol. The predicted octanol–water partition coefficient (Wildman–Crippen LogP) is 3.76. The van der Waals surface area contributed by atoms with Crippen molar-refractivity contribution in [3.63, 3.8) is 0 Å². The number of rotatable bonds is 0. The second-order valence-electron chi connectivity index (χ2n) is 5.04. The maximum atomic E-state index is 4.02. The number of hydrogen-bond acceptors (Lipinski definition) is 0. The molecule has 4 aliphatic rings. The summed E-state index contributed by atoms with van der Waals surface area (Å²) < 4.78 is 1.48. The first-order chi connectivity index (χ1) is 5.67. The Morgan fingerprint density at radius 3 is 2.17 bits per heavy atom. The van der Waals surface area contributed by atoms with Crippen molar-refractivity contribution in [3.8, 4) is 0 Å². The zero-order valence-corrected chi connectivity index (χ0v) is 10.8. The standard InChI is InChI=1S/C10H14BrI/c11-10-4-6-1-7(5-10)3-8(2-6)9(10)12/h6-9H,1-5H2. The molecule has 3 unspecified atom stereocenters. The highest BCUT2D eigenvalue weighted by atomic mass is 127. The Bertz CT molecular complexity index is 202. The molecule has 0 aromatic rings. The van der Waals surface area contributed by atoms with E-state index in [-0.39, 0.29) is 0 Å². The number of alkyl halides is 2. The van der Waals surface area contributed by atoms with Gasteiger partial charge >= 0.3 is 0 Å². The second-order valence-corrected chi connectivity index (χ2v) is 7.97. The van der Waals surface area contributed by atoms with Crippen LogP contribution in [0.25, 0.3) is 0 Å². The molecule has 3 atom stereocenters. The van der Waals surface area contributed by atoms with E-state index in [1.807, 2.05) is 0 Å². The molecule has 0 aliphatic heterocycles. The van der Waals surface area contributed by atoms with Crippen molar-refractivity contribution in [1.29, 1.82) is 0 Å². The van der Waals surface area contributed by atoms with Crippen LogP contribution < -0.4 is 0 Å². The number of halogens is 2. The van der Waals surface area contributed by atoms with Gasteiger partial charge < -0.3 is 0 Å². The number of hydrogen-bond donors (Lipinski definition) is 0. The van der Waals surface area contributed by atoms with Crippen molar-refractivity contribution in [1.82, 2.24) is 0 Å². The lowest BCUT2D eigenvalue weighted by atomic mass is 9.56. The summed E-state index contributed by atoms with van der Waals surface area (Å²) in [5.74, 6) is 3.21. The third-order valence-corrected chi connectivity index (χ3v) is 8.31. The molecule has 0 saturated heterocycles. The largest absolute Gasteiger partial charge is 0.0842 e. The van der Waals surface area contributed by atoms with Crippen molar-refractivity contribution >= 4 is 38.5 Å². The van der Waals surface area contributed by atoms with Crippen molar-refractivity contribution in [2.45, 2.75) is 40.4 Å².